The van der Waals surface area contributed by atoms with Gasteiger partial charge in [0.25, 0.3) is 0 Å². The number of carboxylic acid groups (broad SMARTS) is 1. The number of carboxylic acids is 1. The molecule has 0 saturated carbocycles. The molecule has 0 bridgehead atoms. The minimum absolute atomic E-state index is 0.0825. The topological polar surface area (TPSA) is 71.4 Å². The molecule has 1 unspecified atom stereocenters. The fourth-order valence-electron chi connectivity index (χ4n) is 0.974. The molecular formula is C9H18O4S. The van der Waals surface area contributed by atoms with Crippen molar-refractivity contribution in [2.75, 3.05) is 5.75 Å². The van der Waals surface area contributed by atoms with Gasteiger partial charge in [-0.3, -0.25) is 4.79 Å². The molecular weight excluding hydrogens is 204 g/mol. The molecule has 0 amide bonds. The molecule has 84 valence electrons. The van der Waals surface area contributed by atoms with Crippen molar-refractivity contribution in [1.29, 1.82) is 0 Å². The van der Waals surface area contributed by atoms with Crippen LogP contribution >= 0.6 is 0 Å². The van der Waals surface area contributed by atoms with Gasteiger partial charge in [-0.1, -0.05) is 13.8 Å². The number of rotatable bonds is 6. The van der Waals surface area contributed by atoms with Gasteiger partial charge in [0.2, 0.25) is 0 Å². The molecule has 0 aromatic rings. The van der Waals surface area contributed by atoms with Gasteiger partial charge in [0.05, 0.1) is 17.4 Å². The predicted octanol–water partition coefficient (Wildman–Crippen LogP) is 1.31. The average Bonchev–Trinajstić information content (AvgIpc) is 1.99. The van der Waals surface area contributed by atoms with E-state index < -0.39 is 21.1 Å². The smallest absolute Gasteiger partial charge is 0.304 e. The van der Waals surface area contributed by atoms with Crippen LogP contribution < -0.4 is 0 Å². The summed E-state index contributed by atoms with van der Waals surface area (Å²) in [4.78, 5) is 10.3. The molecule has 14 heavy (non-hydrogen) atoms. The number of sulfone groups is 1. The van der Waals surface area contributed by atoms with E-state index in [-0.39, 0.29) is 12.2 Å². The van der Waals surface area contributed by atoms with E-state index in [9.17, 15) is 13.2 Å². The molecule has 0 heterocycles. The SMILES string of the molecule is CC(C)CCS(=O)(=O)C(C)CC(=O)O. The highest BCUT2D eigenvalue weighted by molar-refractivity contribution is 7.92. The zero-order valence-corrected chi connectivity index (χ0v) is 9.67. The largest absolute Gasteiger partial charge is 0.481 e. The summed E-state index contributed by atoms with van der Waals surface area (Å²) < 4.78 is 23.0. The van der Waals surface area contributed by atoms with Gasteiger partial charge in [0, 0.05) is 0 Å². The van der Waals surface area contributed by atoms with Crippen LogP contribution in [0.4, 0.5) is 0 Å². The third-order valence-corrected chi connectivity index (χ3v) is 4.25. The third kappa shape index (κ3) is 5.21. The van der Waals surface area contributed by atoms with Crippen LogP contribution in [-0.2, 0) is 14.6 Å². The average molecular weight is 222 g/mol. The van der Waals surface area contributed by atoms with E-state index in [1.54, 1.807) is 0 Å². The molecule has 1 atom stereocenters. The number of hydrogen-bond donors (Lipinski definition) is 1. The van der Waals surface area contributed by atoms with Gasteiger partial charge < -0.3 is 5.11 Å². The van der Waals surface area contributed by atoms with Gasteiger partial charge in [0.15, 0.2) is 9.84 Å². The summed E-state index contributed by atoms with van der Waals surface area (Å²) in [6.45, 7) is 5.33. The lowest BCUT2D eigenvalue weighted by atomic mass is 10.2. The Labute approximate surface area is 85.2 Å². The second-order valence-corrected chi connectivity index (χ2v) is 6.50. The summed E-state index contributed by atoms with van der Waals surface area (Å²) in [6.07, 6.45) is 0.284. The molecule has 0 spiro atoms. The van der Waals surface area contributed by atoms with Gasteiger partial charge in [-0.2, -0.15) is 0 Å². The molecule has 0 aliphatic rings. The van der Waals surface area contributed by atoms with Gasteiger partial charge in [-0.05, 0) is 19.3 Å². The maximum Gasteiger partial charge on any atom is 0.304 e. The quantitative estimate of drug-likeness (QED) is 0.735. The van der Waals surface area contributed by atoms with Crippen molar-refractivity contribution >= 4 is 15.8 Å². The van der Waals surface area contributed by atoms with Crippen molar-refractivity contribution in [3.05, 3.63) is 0 Å². The second-order valence-electron chi connectivity index (χ2n) is 3.96. The Morgan fingerprint density at radius 2 is 1.79 bits per heavy atom. The van der Waals surface area contributed by atoms with E-state index in [0.717, 1.165) is 0 Å². The second kappa shape index (κ2) is 5.34. The molecule has 4 nitrogen and oxygen atoms in total. The van der Waals surface area contributed by atoms with Crippen molar-refractivity contribution in [1.82, 2.24) is 0 Å². The lowest BCUT2D eigenvalue weighted by Gasteiger charge is -2.11. The lowest BCUT2D eigenvalue weighted by molar-refractivity contribution is -0.136. The first-order valence-corrected chi connectivity index (χ1v) is 6.40. The first-order chi connectivity index (χ1) is 6.25. The van der Waals surface area contributed by atoms with Gasteiger partial charge >= 0.3 is 5.97 Å². The van der Waals surface area contributed by atoms with Crippen LogP contribution in [0.3, 0.4) is 0 Å². The monoisotopic (exact) mass is 222 g/mol. The van der Waals surface area contributed by atoms with Crippen molar-refractivity contribution in [3.63, 3.8) is 0 Å². The fourth-order valence-corrected chi connectivity index (χ4v) is 2.57. The molecule has 5 heteroatoms. The Hall–Kier alpha value is -0.580. The van der Waals surface area contributed by atoms with E-state index in [0.29, 0.717) is 12.3 Å². The van der Waals surface area contributed by atoms with E-state index in [1.165, 1.54) is 6.92 Å². The molecule has 0 radical (unpaired) electrons. The molecule has 0 fully saturated rings. The van der Waals surface area contributed by atoms with E-state index >= 15 is 0 Å². The van der Waals surface area contributed by atoms with Gasteiger partial charge in [-0.15, -0.1) is 0 Å². The molecule has 0 saturated heterocycles. The standard InChI is InChI=1S/C9H18O4S/c1-7(2)4-5-14(12,13)8(3)6-9(10)11/h7-8H,4-6H2,1-3H3,(H,10,11). The van der Waals surface area contributed by atoms with Gasteiger partial charge in [0.1, 0.15) is 0 Å². The Kier molecular flexibility index (Phi) is 5.12. The molecule has 0 aliphatic carbocycles. The van der Waals surface area contributed by atoms with E-state index in [1.807, 2.05) is 13.8 Å². The maximum atomic E-state index is 11.5. The number of aliphatic carboxylic acids is 1. The molecule has 0 aromatic heterocycles. The summed E-state index contributed by atoms with van der Waals surface area (Å²) in [5.74, 6) is -0.661. The van der Waals surface area contributed by atoms with Crippen LogP contribution in [0.25, 0.3) is 0 Å². The van der Waals surface area contributed by atoms with Crippen LogP contribution in [-0.4, -0.2) is 30.5 Å². The van der Waals surface area contributed by atoms with Crippen molar-refractivity contribution in [2.24, 2.45) is 5.92 Å². The Morgan fingerprint density at radius 1 is 1.29 bits per heavy atom. The molecule has 0 rings (SSSR count). The summed E-state index contributed by atoms with van der Waals surface area (Å²) >= 11 is 0. The van der Waals surface area contributed by atoms with E-state index in [4.69, 9.17) is 5.11 Å². The summed E-state index contributed by atoms with van der Waals surface area (Å²) in [5, 5.41) is 7.68. The zero-order valence-electron chi connectivity index (χ0n) is 8.86. The van der Waals surface area contributed by atoms with E-state index in [2.05, 4.69) is 0 Å². The molecule has 0 aromatic carbocycles. The van der Waals surface area contributed by atoms with Crippen LogP contribution in [0, 0.1) is 5.92 Å². The van der Waals surface area contributed by atoms with Crippen LogP contribution in [0.2, 0.25) is 0 Å². The van der Waals surface area contributed by atoms with Crippen molar-refractivity contribution in [2.45, 2.75) is 38.9 Å². The zero-order chi connectivity index (χ0) is 11.4. The van der Waals surface area contributed by atoms with Crippen molar-refractivity contribution in [3.8, 4) is 0 Å². The Balaban J connectivity index is 4.24. The molecule has 1 N–H and O–H groups in total. The van der Waals surface area contributed by atoms with Gasteiger partial charge in [-0.25, -0.2) is 8.42 Å². The summed E-state index contributed by atoms with van der Waals surface area (Å²) in [5.41, 5.74) is 0. The highest BCUT2D eigenvalue weighted by atomic mass is 32.2. The van der Waals surface area contributed by atoms with Crippen LogP contribution in [0.5, 0.6) is 0 Å². The predicted molar refractivity (Wildman–Crippen MR) is 55.0 cm³/mol. The number of hydrogen-bond acceptors (Lipinski definition) is 3. The molecule has 0 aliphatic heterocycles. The highest BCUT2D eigenvalue weighted by Gasteiger charge is 2.23. The third-order valence-electron chi connectivity index (χ3n) is 2.05. The summed E-state index contributed by atoms with van der Waals surface area (Å²) in [7, 11) is -3.23. The number of carbonyl (C=O) groups is 1. The summed E-state index contributed by atoms with van der Waals surface area (Å²) in [6, 6.07) is 0. The Bertz CT molecular complexity index is 279. The van der Waals surface area contributed by atoms with Crippen LogP contribution in [0.15, 0.2) is 0 Å². The lowest BCUT2D eigenvalue weighted by Crippen LogP contribution is -2.24. The minimum atomic E-state index is -3.23. The first-order valence-electron chi connectivity index (χ1n) is 4.69. The van der Waals surface area contributed by atoms with Crippen molar-refractivity contribution < 1.29 is 18.3 Å². The Morgan fingerprint density at radius 3 is 2.14 bits per heavy atom. The van der Waals surface area contributed by atoms with Crippen LogP contribution in [0.1, 0.15) is 33.6 Å². The first kappa shape index (κ1) is 13.4. The fraction of sp³-hybridized carbons (Fsp3) is 0.889. The maximum absolute atomic E-state index is 11.5. The highest BCUT2D eigenvalue weighted by Crippen LogP contribution is 2.11. The minimum Gasteiger partial charge on any atom is -0.481 e. The normalized spacial score (nSPS) is 14.3.